The third-order valence-electron chi connectivity index (χ3n) is 5.48. The number of carbonyl (C=O) groups excluding carboxylic acids is 1. The Morgan fingerprint density at radius 1 is 1.33 bits per heavy atom. The number of nitrogens with zero attached hydrogens (tertiary/aromatic N) is 3. The number of aromatic nitrogens is 2. The molecule has 2 atom stereocenters. The van der Waals surface area contributed by atoms with Crippen LogP contribution in [0.4, 0.5) is 0 Å². The van der Waals surface area contributed by atoms with Crippen molar-refractivity contribution < 1.29 is 9.90 Å². The lowest BCUT2D eigenvalue weighted by Crippen LogP contribution is -2.54. The van der Waals surface area contributed by atoms with Crippen LogP contribution in [0.5, 0.6) is 0 Å². The second kappa shape index (κ2) is 6.33. The predicted molar refractivity (Wildman–Crippen MR) is 93.2 cm³/mol. The van der Waals surface area contributed by atoms with Crippen LogP contribution in [0, 0.1) is 5.92 Å². The molecule has 2 aromatic rings. The van der Waals surface area contributed by atoms with Gasteiger partial charge in [0.25, 0.3) is 0 Å². The summed E-state index contributed by atoms with van der Waals surface area (Å²) in [6.07, 6.45) is 9.19. The molecule has 2 fully saturated rings. The Morgan fingerprint density at radius 2 is 2.17 bits per heavy atom. The van der Waals surface area contributed by atoms with E-state index in [9.17, 15) is 9.90 Å². The number of likely N-dealkylation sites (tertiary alicyclic amines) is 1. The van der Waals surface area contributed by atoms with Crippen molar-refractivity contribution in [3.05, 3.63) is 35.6 Å². The normalized spacial score (nSPS) is 27.0. The van der Waals surface area contributed by atoms with Gasteiger partial charge in [-0.05, 0) is 31.4 Å². The molecule has 128 valence electrons. The lowest BCUT2D eigenvalue weighted by Gasteiger charge is -2.47. The molecule has 4 rings (SSSR count). The predicted octanol–water partition coefficient (Wildman–Crippen LogP) is 2.63. The van der Waals surface area contributed by atoms with E-state index >= 15 is 0 Å². The van der Waals surface area contributed by atoms with E-state index in [0.29, 0.717) is 19.5 Å². The van der Waals surface area contributed by atoms with Gasteiger partial charge in [-0.2, -0.15) is 0 Å². The fraction of sp³-hybridized carbons (Fsp3) is 0.556. The Bertz CT molecular complexity index is 712. The molecule has 1 amide bonds. The first kappa shape index (κ1) is 15.8. The van der Waals surface area contributed by atoms with Crippen LogP contribution in [0.15, 0.2) is 29.9 Å². The molecule has 6 heteroatoms. The van der Waals surface area contributed by atoms with Crippen molar-refractivity contribution in [1.29, 1.82) is 0 Å². The molecule has 0 bridgehead atoms. The van der Waals surface area contributed by atoms with Gasteiger partial charge in [0, 0.05) is 36.8 Å². The average molecular weight is 345 g/mol. The Hall–Kier alpha value is -1.66. The zero-order valence-electron chi connectivity index (χ0n) is 13.7. The minimum atomic E-state index is -0.531. The van der Waals surface area contributed by atoms with Crippen molar-refractivity contribution >= 4 is 17.2 Å². The topological polar surface area (TPSA) is 58.4 Å². The Labute approximate surface area is 145 Å². The Morgan fingerprint density at radius 3 is 3.00 bits per heavy atom. The molecule has 1 aliphatic heterocycles. The van der Waals surface area contributed by atoms with Crippen LogP contribution in [0.1, 0.15) is 37.8 Å². The van der Waals surface area contributed by atoms with E-state index in [0.717, 1.165) is 36.5 Å². The van der Waals surface area contributed by atoms with Crippen LogP contribution < -0.4 is 0 Å². The molecular weight excluding hydrogens is 322 g/mol. The van der Waals surface area contributed by atoms with E-state index in [-0.39, 0.29) is 11.8 Å². The average Bonchev–Trinajstić information content (AvgIpc) is 3.25. The van der Waals surface area contributed by atoms with Crippen LogP contribution >= 0.6 is 11.3 Å². The molecule has 24 heavy (non-hydrogen) atoms. The number of hydrogen-bond donors (Lipinski definition) is 1. The van der Waals surface area contributed by atoms with Crippen molar-refractivity contribution in [2.75, 3.05) is 13.1 Å². The Kier molecular flexibility index (Phi) is 4.18. The molecule has 1 saturated carbocycles. The van der Waals surface area contributed by atoms with Gasteiger partial charge in [-0.1, -0.05) is 12.8 Å². The monoisotopic (exact) mass is 345 g/mol. The number of fused-ring (bicyclic) bond motifs is 1. The standard InChI is InChI=1S/C18H23N3O2S/c22-16(11-15-13-24-17(19-15)20-8-3-4-9-20)21-10-7-18(23)6-2-1-5-14(18)12-21/h3-4,8-9,13-14,23H,1-2,5-7,10-12H2/t14-,18+/m0/s1. The minimum absolute atomic E-state index is 0.131. The maximum Gasteiger partial charge on any atom is 0.228 e. The zero-order valence-corrected chi connectivity index (χ0v) is 14.5. The fourth-order valence-corrected chi connectivity index (χ4v) is 4.81. The molecule has 1 saturated heterocycles. The van der Waals surface area contributed by atoms with E-state index in [2.05, 4.69) is 4.98 Å². The highest BCUT2D eigenvalue weighted by molar-refractivity contribution is 7.12. The fourth-order valence-electron chi connectivity index (χ4n) is 4.02. The lowest BCUT2D eigenvalue weighted by atomic mass is 9.71. The summed E-state index contributed by atoms with van der Waals surface area (Å²) in [4.78, 5) is 19.1. The number of amides is 1. The van der Waals surface area contributed by atoms with Crippen LogP contribution in [-0.4, -0.2) is 44.2 Å². The summed E-state index contributed by atoms with van der Waals surface area (Å²) in [7, 11) is 0. The highest BCUT2D eigenvalue weighted by Crippen LogP contribution is 2.39. The van der Waals surface area contributed by atoms with E-state index in [1.807, 2.05) is 39.4 Å². The smallest absolute Gasteiger partial charge is 0.228 e. The molecule has 3 heterocycles. The SMILES string of the molecule is O=C(Cc1csc(-n2cccc2)n1)N1CC[C@]2(O)CCCC[C@H]2C1. The molecule has 0 aromatic carbocycles. The van der Waals surface area contributed by atoms with Crippen LogP contribution in [-0.2, 0) is 11.2 Å². The lowest BCUT2D eigenvalue weighted by molar-refractivity contribution is -0.142. The van der Waals surface area contributed by atoms with Gasteiger partial charge >= 0.3 is 0 Å². The first-order valence-corrected chi connectivity index (χ1v) is 9.60. The van der Waals surface area contributed by atoms with Crippen molar-refractivity contribution in [1.82, 2.24) is 14.5 Å². The third-order valence-corrected chi connectivity index (χ3v) is 6.38. The molecule has 2 aliphatic rings. The summed E-state index contributed by atoms with van der Waals surface area (Å²) in [5.74, 6) is 0.377. The van der Waals surface area contributed by atoms with Gasteiger partial charge in [0.15, 0.2) is 5.13 Å². The molecule has 0 spiro atoms. The Balaban J connectivity index is 1.40. The molecule has 0 unspecified atom stereocenters. The second-order valence-corrected chi connectivity index (χ2v) is 7.86. The first-order chi connectivity index (χ1) is 11.6. The van der Waals surface area contributed by atoms with Crippen molar-refractivity contribution in [2.45, 2.75) is 44.1 Å². The summed E-state index contributed by atoms with van der Waals surface area (Å²) in [6, 6.07) is 3.93. The van der Waals surface area contributed by atoms with Gasteiger partial charge in [0.05, 0.1) is 17.7 Å². The summed E-state index contributed by atoms with van der Waals surface area (Å²) < 4.78 is 1.96. The molecule has 2 aromatic heterocycles. The number of rotatable bonds is 3. The summed E-state index contributed by atoms with van der Waals surface area (Å²) in [5, 5.41) is 13.6. The quantitative estimate of drug-likeness (QED) is 0.930. The van der Waals surface area contributed by atoms with E-state index in [1.165, 1.54) is 6.42 Å². The van der Waals surface area contributed by atoms with E-state index in [1.54, 1.807) is 11.3 Å². The molecule has 1 aliphatic carbocycles. The second-order valence-electron chi connectivity index (χ2n) is 7.02. The van der Waals surface area contributed by atoms with Gasteiger partial charge in [-0.15, -0.1) is 11.3 Å². The largest absolute Gasteiger partial charge is 0.389 e. The number of hydrogen-bond acceptors (Lipinski definition) is 4. The van der Waals surface area contributed by atoms with Crippen molar-refractivity contribution in [3.63, 3.8) is 0 Å². The minimum Gasteiger partial charge on any atom is -0.389 e. The van der Waals surface area contributed by atoms with E-state index in [4.69, 9.17) is 0 Å². The molecule has 1 N–H and O–H groups in total. The van der Waals surface area contributed by atoms with Gasteiger partial charge in [-0.25, -0.2) is 4.98 Å². The van der Waals surface area contributed by atoms with Gasteiger partial charge < -0.3 is 14.6 Å². The van der Waals surface area contributed by atoms with Gasteiger partial charge in [0.2, 0.25) is 5.91 Å². The third kappa shape index (κ3) is 3.00. The first-order valence-electron chi connectivity index (χ1n) is 8.72. The molecule has 5 nitrogen and oxygen atoms in total. The number of carbonyl (C=O) groups is 1. The number of aliphatic hydroxyl groups is 1. The zero-order chi connectivity index (χ0) is 16.6. The van der Waals surface area contributed by atoms with Gasteiger partial charge in [-0.3, -0.25) is 4.79 Å². The van der Waals surface area contributed by atoms with Gasteiger partial charge in [0.1, 0.15) is 0 Å². The number of piperidine rings is 1. The number of thiazole rings is 1. The van der Waals surface area contributed by atoms with Crippen LogP contribution in [0.3, 0.4) is 0 Å². The van der Waals surface area contributed by atoms with Crippen molar-refractivity contribution in [2.24, 2.45) is 5.92 Å². The summed E-state index contributed by atoms with van der Waals surface area (Å²) in [6.45, 7) is 1.37. The summed E-state index contributed by atoms with van der Waals surface area (Å²) >= 11 is 1.55. The maximum atomic E-state index is 12.6. The van der Waals surface area contributed by atoms with Crippen molar-refractivity contribution in [3.8, 4) is 5.13 Å². The maximum absolute atomic E-state index is 12.6. The highest BCUT2D eigenvalue weighted by atomic mass is 32.1. The molecule has 0 radical (unpaired) electrons. The van der Waals surface area contributed by atoms with Crippen LogP contribution in [0.2, 0.25) is 0 Å². The van der Waals surface area contributed by atoms with E-state index < -0.39 is 5.60 Å². The van der Waals surface area contributed by atoms with Crippen LogP contribution in [0.25, 0.3) is 5.13 Å². The summed E-state index contributed by atoms with van der Waals surface area (Å²) in [5.41, 5.74) is 0.301. The highest BCUT2D eigenvalue weighted by Gasteiger charge is 2.43. The molecular formula is C18H23N3O2S.